The highest BCUT2D eigenvalue weighted by atomic mass is 28.3. The molecule has 0 aromatic heterocycles. The van der Waals surface area contributed by atoms with Gasteiger partial charge in [-0.1, -0.05) is 75.1 Å². The summed E-state index contributed by atoms with van der Waals surface area (Å²) in [6.07, 6.45) is 17.3. The van der Waals surface area contributed by atoms with Gasteiger partial charge in [0.25, 0.3) is 0 Å². The Balaban J connectivity index is 1.35. The quantitative estimate of drug-likeness (QED) is 0.267. The summed E-state index contributed by atoms with van der Waals surface area (Å²) in [6.45, 7) is 2.32. The Hall–Kier alpha value is -1.33. The van der Waals surface area contributed by atoms with Gasteiger partial charge in [0.2, 0.25) is 0 Å². The standard InChI is InChI=1S/C26H37FSi/c1-2-3-6-19-28-20-17-25(18-21-28)24-13-9-22(10-14-24)7-4-5-8-23-11-15-26(27)16-12-23/h4,7,11-12,15-16,22,24-25,28H,2-3,6,9-10,13-14,17-21H2,1H3/b7-4+. The molecule has 1 aliphatic heterocycles. The molecule has 1 aromatic carbocycles. The first-order valence-corrected chi connectivity index (χ1v) is 14.1. The van der Waals surface area contributed by atoms with E-state index >= 15 is 0 Å². The average molecular weight is 397 g/mol. The minimum Gasteiger partial charge on any atom is -0.207 e. The third kappa shape index (κ3) is 6.93. The van der Waals surface area contributed by atoms with Crippen LogP contribution >= 0.6 is 0 Å². The second kappa shape index (κ2) is 11.6. The topological polar surface area (TPSA) is 0 Å². The SMILES string of the molecule is CCCCC[SiH]1CCC(C2CCC(/C=C/C#Cc3ccc(F)cc3)CC2)CC1. The molecule has 2 heteroatoms. The van der Waals surface area contributed by atoms with Crippen LogP contribution in [0, 0.1) is 35.4 Å². The Morgan fingerprint density at radius 1 is 0.964 bits per heavy atom. The lowest BCUT2D eigenvalue weighted by atomic mass is 9.74. The number of allylic oxidation sites excluding steroid dienone is 2. The molecule has 152 valence electrons. The van der Waals surface area contributed by atoms with Crippen LogP contribution in [0.1, 0.15) is 70.3 Å². The van der Waals surface area contributed by atoms with E-state index in [2.05, 4.69) is 24.8 Å². The molecule has 1 saturated carbocycles. The molecule has 0 amide bonds. The van der Waals surface area contributed by atoms with Gasteiger partial charge in [0, 0.05) is 14.4 Å². The summed E-state index contributed by atoms with van der Waals surface area (Å²) < 4.78 is 12.9. The fraction of sp³-hybridized carbons (Fsp3) is 0.615. The van der Waals surface area contributed by atoms with Crippen molar-refractivity contribution in [2.24, 2.45) is 17.8 Å². The number of halogens is 1. The van der Waals surface area contributed by atoms with E-state index in [9.17, 15) is 4.39 Å². The van der Waals surface area contributed by atoms with Gasteiger partial charge in [0.05, 0.1) is 0 Å². The summed E-state index contributed by atoms with van der Waals surface area (Å²) in [4.78, 5) is 0. The van der Waals surface area contributed by atoms with Crippen LogP contribution < -0.4 is 0 Å². The Labute approximate surface area is 173 Å². The second-order valence-electron chi connectivity index (χ2n) is 9.09. The largest absolute Gasteiger partial charge is 0.207 e. The molecule has 1 saturated heterocycles. The van der Waals surface area contributed by atoms with Crippen LogP contribution in [0.25, 0.3) is 0 Å². The molecule has 1 heterocycles. The number of hydrogen-bond donors (Lipinski definition) is 0. The van der Waals surface area contributed by atoms with Gasteiger partial charge in [-0.05, 0) is 73.8 Å². The molecule has 3 rings (SSSR count). The van der Waals surface area contributed by atoms with Crippen molar-refractivity contribution < 1.29 is 4.39 Å². The number of rotatable bonds is 6. The van der Waals surface area contributed by atoms with E-state index in [0.29, 0.717) is 5.92 Å². The molecule has 1 aliphatic carbocycles. The van der Waals surface area contributed by atoms with Crippen LogP contribution in [-0.4, -0.2) is 8.80 Å². The third-order valence-corrected chi connectivity index (χ3v) is 10.6. The van der Waals surface area contributed by atoms with E-state index in [-0.39, 0.29) is 14.6 Å². The highest BCUT2D eigenvalue weighted by Crippen LogP contribution is 2.41. The van der Waals surface area contributed by atoms with Gasteiger partial charge in [0.1, 0.15) is 5.82 Å². The van der Waals surface area contributed by atoms with Gasteiger partial charge < -0.3 is 0 Å². The molecule has 0 radical (unpaired) electrons. The Bertz CT molecular complexity index is 650. The Morgan fingerprint density at radius 3 is 2.32 bits per heavy atom. The number of hydrogen-bond acceptors (Lipinski definition) is 0. The van der Waals surface area contributed by atoms with Gasteiger partial charge in [-0.3, -0.25) is 0 Å². The molecule has 1 aromatic rings. The molecule has 0 bridgehead atoms. The van der Waals surface area contributed by atoms with Crippen molar-refractivity contribution in [2.75, 3.05) is 0 Å². The first-order valence-electron chi connectivity index (χ1n) is 11.7. The van der Waals surface area contributed by atoms with E-state index in [1.54, 1.807) is 43.1 Å². The predicted molar refractivity (Wildman–Crippen MR) is 122 cm³/mol. The molecule has 0 nitrogen and oxygen atoms in total. The maximum Gasteiger partial charge on any atom is 0.123 e. The lowest BCUT2D eigenvalue weighted by molar-refractivity contribution is 0.208. The normalized spacial score (nSPS) is 28.1. The lowest BCUT2D eigenvalue weighted by Gasteiger charge is -2.37. The van der Waals surface area contributed by atoms with Crippen LogP contribution in [0.2, 0.25) is 18.1 Å². The highest BCUT2D eigenvalue weighted by molar-refractivity contribution is 6.58. The summed E-state index contributed by atoms with van der Waals surface area (Å²) in [6, 6.07) is 11.3. The van der Waals surface area contributed by atoms with Gasteiger partial charge in [0.15, 0.2) is 0 Å². The fourth-order valence-corrected chi connectivity index (χ4v) is 8.81. The predicted octanol–water partition coefficient (Wildman–Crippen LogP) is 7.37. The maximum absolute atomic E-state index is 12.9. The zero-order valence-electron chi connectivity index (χ0n) is 17.6. The van der Waals surface area contributed by atoms with Crippen LogP contribution in [0.15, 0.2) is 36.4 Å². The van der Waals surface area contributed by atoms with Crippen molar-refractivity contribution in [1.29, 1.82) is 0 Å². The van der Waals surface area contributed by atoms with Gasteiger partial charge in [-0.2, -0.15) is 0 Å². The fourth-order valence-electron chi connectivity index (χ4n) is 5.28. The molecule has 0 unspecified atom stereocenters. The van der Waals surface area contributed by atoms with Crippen LogP contribution in [0.5, 0.6) is 0 Å². The zero-order valence-corrected chi connectivity index (χ0v) is 18.8. The number of benzene rings is 1. The van der Waals surface area contributed by atoms with Crippen LogP contribution in [0.3, 0.4) is 0 Å². The minimum absolute atomic E-state index is 0.204. The zero-order chi connectivity index (χ0) is 19.6. The molecule has 0 N–H and O–H groups in total. The van der Waals surface area contributed by atoms with E-state index in [1.807, 2.05) is 6.08 Å². The molecule has 0 spiro atoms. The summed E-state index contributed by atoms with van der Waals surface area (Å²) in [5, 5.41) is 0. The molecule has 28 heavy (non-hydrogen) atoms. The summed E-state index contributed by atoms with van der Waals surface area (Å²) in [5.74, 6) is 8.76. The summed E-state index contributed by atoms with van der Waals surface area (Å²) in [7, 11) is -0.358. The third-order valence-electron chi connectivity index (χ3n) is 7.10. The van der Waals surface area contributed by atoms with Crippen molar-refractivity contribution in [3.63, 3.8) is 0 Å². The molecular weight excluding hydrogens is 359 g/mol. The first kappa shape index (κ1) is 21.4. The van der Waals surface area contributed by atoms with E-state index < -0.39 is 0 Å². The number of unbranched alkanes of at least 4 members (excludes halogenated alkanes) is 2. The Kier molecular flexibility index (Phi) is 8.87. The van der Waals surface area contributed by atoms with E-state index in [1.165, 1.54) is 57.1 Å². The molecule has 2 fully saturated rings. The minimum atomic E-state index is -0.358. The second-order valence-corrected chi connectivity index (χ2v) is 12.6. The van der Waals surface area contributed by atoms with Crippen molar-refractivity contribution >= 4 is 8.80 Å². The molecule has 2 aliphatic rings. The summed E-state index contributed by atoms with van der Waals surface area (Å²) >= 11 is 0. The highest BCUT2D eigenvalue weighted by Gasteiger charge is 2.30. The summed E-state index contributed by atoms with van der Waals surface area (Å²) in [5.41, 5.74) is 0.878. The van der Waals surface area contributed by atoms with Crippen molar-refractivity contribution in [3.05, 3.63) is 47.8 Å². The maximum atomic E-state index is 12.9. The molecule has 0 atom stereocenters. The first-order chi connectivity index (χ1) is 13.7. The van der Waals surface area contributed by atoms with Gasteiger partial charge in [-0.15, -0.1) is 0 Å². The van der Waals surface area contributed by atoms with Crippen LogP contribution in [0.4, 0.5) is 4.39 Å². The smallest absolute Gasteiger partial charge is 0.123 e. The monoisotopic (exact) mass is 396 g/mol. The van der Waals surface area contributed by atoms with E-state index in [4.69, 9.17) is 0 Å². The van der Waals surface area contributed by atoms with Gasteiger partial charge >= 0.3 is 0 Å². The molecular formula is C26H37FSi. The average Bonchev–Trinajstić information content (AvgIpc) is 2.74. The van der Waals surface area contributed by atoms with Crippen LogP contribution in [-0.2, 0) is 0 Å². The lowest BCUT2D eigenvalue weighted by Crippen LogP contribution is -2.28. The van der Waals surface area contributed by atoms with Gasteiger partial charge in [-0.25, -0.2) is 4.39 Å². The van der Waals surface area contributed by atoms with E-state index in [0.717, 1.165) is 17.4 Å². The van der Waals surface area contributed by atoms with Crippen molar-refractivity contribution in [2.45, 2.75) is 82.8 Å². The van der Waals surface area contributed by atoms with Crippen molar-refractivity contribution in [3.8, 4) is 11.8 Å². The van der Waals surface area contributed by atoms with Crippen molar-refractivity contribution in [1.82, 2.24) is 0 Å². The Morgan fingerprint density at radius 2 is 1.64 bits per heavy atom.